The van der Waals surface area contributed by atoms with E-state index in [0.717, 1.165) is 7.11 Å². The van der Waals surface area contributed by atoms with E-state index in [2.05, 4.69) is 4.18 Å². The highest BCUT2D eigenvalue weighted by Crippen LogP contribution is 2.16. The molecule has 0 bridgehead atoms. The molecule has 0 amide bonds. The lowest BCUT2D eigenvalue weighted by atomic mass is 10.2. The highest BCUT2D eigenvalue weighted by molar-refractivity contribution is 7.88. The van der Waals surface area contributed by atoms with E-state index >= 15 is 0 Å². The molecule has 1 aromatic carbocycles. The summed E-state index contributed by atoms with van der Waals surface area (Å²) in [6.45, 7) is 0. The fourth-order valence-electron chi connectivity index (χ4n) is 0.935. The number of carbonyl (C=O) groups is 1. The van der Waals surface area contributed by atoms with E-state index < -0.39 is 16.3 Å². The maximum atomic E-state index is 11.0. The van der Waals surface area contributed by atoms with Crippen LogP contribution in [-0.2, 0) is 14.5 Å². The Kier molecular flexibility index (Phi) is 3.28. The third-order valence-corrected chi connectivity index (χ3v) is 2.52. The smallest absolute Gasteiger partial charge is 0.359 e. The van der Waals surface area contributed by atoms with E-state index in [1.54, 1.807) is 0 Å². The third-order valence-electron chi connectivity index (χ3n) is 1.61. The van der Waals surface area contributed by atoms with Crippen LogP contribution in [-0.4, -0.2) is 26.6 Å². The van der Waals surface area contributed by atoms with E-state index in [1.807, 2.05) is 4.72 Å². The fraction of sp³-hybridized carbons (Fsp3) is 0.125. The molecule has 0 aliphatic carbocycles. The number of hydrogen-bond acceptors (Lipinski definition) is 4. The van der Waals surface area contributed by atoms with Crippen LogP contribution in [0.25, 0.3) is 0 Å². The molecule has 0 spiro atoms. The van der Waals surface area contributed by atoms with E-state index in [4.69, 9.17) is 5.11 Å². The second-order valence-electron chi connectivity index (χ2n) is 2.57. The maximum Gasteiger partial charge on any atom is 0.359 e. The lowest BCUT2D eigenvalue weighted by Crippen LogP contribution is -2.16. The summed E-state index contributed by atoms with van der Waals surface area (Å²) in [5.41, 5.74) is -0.176. The molecule has 0 atom stereocenters. The van der Waals surface area contributed by atoms with Crippen LogP contribution in [0.15, 0.2) is 24.3 Å². The quantitative estimate of drug-likeness (QED) is 0.795. The number of hydrogen-bond donors (Lipinski definition) is 2. The zero-order valence-electron chi connectivity index (χ0n) is 7.80. The van der Waals surface area contributed by atoms with Crippen LogP contribution in [0, 0.1) is 0 Å². The molecule has 0 heterocycles. The Labute approximate surface area is 86.8 Å². The minimum absolute atomic E-state index is 0.0353. The van der Waals surface area contributed by atoms with Gasteiger partial charge in [-0.3, -0.25) is 8.91 Å². The average Bonchev–Trinajstić information content (AvgIpc) is 2.18. The summed E-state index contributed by atoms with van der Waals surface area (Å²) in [4.78, 5) is 10.7. The number of nitrogens with one attached hydrogen (secondary N) is 1. The first-order valence-electron chi connectivity index (χ1n) is 3.87. The topological polar surface area (TPSA) is 92.7 Å². The van der Waals surface area contributed by atoms with Crippen molar-refractivity contribution >= 4 is 22.0 Å². The van der Waals surface area contributed by atoms with Gasteiger partial charge in [0.25, 0.3) is 0 Å². The lowest BCUT2D eigenvalue weighted by Gasteiger charge is -2.07. The summed E-state index contributed by atoms with van der Waals surface area (Å²) in [6, 6.07) is 5.63. The second kappa shape index (κ2) is 4.28. The van der Waals surface area contributed by atoms with Gasteiger partial charge in [0.1, 0.15) is 0 Å². The molecule has 0 aliphatic heterocycles. The molecule has 0 saturated carbocycles. The van der Waals surface area contributed by atoms with Crippen molar-refractivity contribution in [2.45, 2.75) is 0 Å². The molecule has 7 heteroatoms. The SMILES string of the molecule is COS(=O)(=O)Nc1ccccc1C(=O)O. The summed E-state index contributed by atoms with van der Waals surface area (Å²) in [5.74, 6) is -1.22. The van der Waals surface area contributed by atoms with Crippen LogP contribution in [0.2, 0.25) is 0 Å². The Morgan fingerprint density at radius 1 is 1.40 bits per heavy atom. The van der Waals surface area contributed by atoms with E-state index in [9.17, 15) is 13.2 Å². The largest absolute Gasteiger partial charge is 0.478 e. The van der Waals surface area contributed by atoms with Gasteiger partial charge in [-0.15, -0.1) is 0 Å². The molecular weight excluding hydrogens is 222 g/mol. The number of carboxylic acids is 1. The molecule has 1 aromatic rings. The predicted molar refractivity (Wildman–Crippen MR) is 53.0 cm³/mol. The van der Waals surface area contributed by atoms with Gasteiger partial charge >= 0.3 is 16.3 Å². The number of aromatic carboxylic acids is 1. The molecule has 0 saturated heterocycles. The first-order chi connectivity index (χ1) is 6.96. The minimum atomic E-state index is -3.94. The van der Waals surface area contributed by atoms with Gasteiger partial charge in [0.2, 0.25) is 0 Å². The molecule has 1 rings (SSSR count). The number of benzene rings is 1. The highest BCUT2D eigenvalue weighted by Gasteiger charge is 2.14. The molecule has 82 valence electrons. The van der Waals surface area contributed by atoms with Crippen LogP contribution in [0.4, 0.5) is 5.69 Å². The average molecular weight is 231 g/mol. The van der Waals surface area contributed by atoms with Gasteiger partial charge < -0.3 is 5.11 Å². The molecule has 0 unspecified atom stereocenters. The van der Waals surface area contributed by atoms with Gasteiger partial charge in [-0.1, -0.05) is 12.1 Å². The van der Waals surface area contributed by atoms with Crippen LogP contribution >= 0.6 is 0 Å². The zero-order chi connectivity index (χ0) is 11.5. The Bertz CT molecular complexity index is 468. The first kappa shape index (κ1) is 11.5. The monoisotopic (exact) mass is 231 g/mol. The molecule has 6 nitrogen and oxygen atoms in total. The highest BCUT2D eigenvalue weighted by atomic mass is 32.2. The summed E-state index contributed by atoms with van der Waals surface area (Å²) in [7, 11) is -2.96. The van der Waals surface area contributed by atoms with Crippen molar-refractivity contribution in [2.75, 3.05) is 11.8 Å². The van der Waals surface area contributed by atoms with Crippen molar-refractivity contribution < 1.29 is 22.5 Å². The fourth-order valence-corrected chi connectivity index (χ4v) is 1.47. The number of rotatable bonds is 4. The van der Waals surface area contributed by atoms with Crippen molar-refractivity contribution in [2.24, 2.45) is 0 Å². The number of carboxylic acid groups (broad SMARTS) is 1. The Balaban J connectivity index is 3.10. The molecule has 0 fully saturated rings. The predicted octanol–water partition coefficient (Wildman–Crippen LogP) is 0.688. The molecular formula is C8H9NO5S. The lowest BCUT2D eigenvalue weighted by molar-refractivity contribution is 0.0698. The van der Waals surface area contributed by atoms with Crippen LogP contribution in [0.5, 0.6) is 0 Å². The van der Waals surface area contributed by atoms with Crippen LogP contribution in [0.3, 0.4) is 0 Å². The molecule has 15 heavy (non-hydrogen) atoms. The van der Waals surface area contributed by atoms with Crippen molar-refractivity contribution in [3.05, 3.63) is 29.8 Å². The van der Waals surface area contributed by atoms with Gasteiger partial charge in [-0.25, -0.2) is 4.79 Å². The number of para-hydroxylation sites is 1. The van der Waals surface area contributed by atoms with Gasteiger partial charge in [0, 0.05) is 0 Å². The summed E-state index contributed by atoms with van der Waals surface area (Å²) < 4.78 is 28.2. The van der Waals surface area contributed by atoms with Gasteiger partial charge in [-0.05, 0) is 12.1 Å². The molecule has 0 radical (unpaired) electrons. The Hall–Kier alpha value is -1.60. The standard InChI is InChI=1S/C8H9NO5S/c1-14-15(12,13)9-7-5-3-2-4-6(7)8(10)11/h2-5,9H,1H3,(H,10,11). The Morgan fingerprint density at radius 3 is 2.53 bits per heavy atom. The molecule has 0 aromatic heterocycles. The zero-order valence-corrected chi connectivity index (χ0v) is 8.61. The van der Waals surface area contributed by atoms with Crippen LogP contribution < -0.4 is 4.72 Å². The van der Waals surface area contributed by atoms with E-state index in [0.29, 0.717) is 0 Å². The maximum absolute atomic E-state index is 11.0. The second-order valence-corrected chi connectivity index (χ2v) is 4.02. The summed E-state index contributed by atoms with van der Waals surface area (Å²) in [5, 5.41) is 8.76. The van der Waals surface area contributed by atoms with Crippen LogP contribution in [0.1, 0.15) is 10.4 Å². The van der Waals surface area contributed by atoms with Crippen molar-refractivity contribution in [3.8, 4) is 0 Å². The third kappa shape index (κ3) is 2.93. The summed E-state index contributed by atoms with van der Waals surface area (Å²) >= 11 is 0. The van der Waals surface area contributed by atoms with E-state index in [1.165, 1.54) is 24.3 Å². The van der Waals surface area contributed by atoms with Gasteiger partial charge in [0.05, 0.1) is 18.4 Å². The molecule has 2 N–H and O–H groups in total. The van der Waals surface area contributed by atoms with Gasteiger partial charge in [-0.2, -0.15) is 8.42 Å². The van der Waals surface area contributed by atoms with Crippen molar-refractivity contribution in [1.82, 2.24) is 0 Å². The molecule has 0 aliphatic rings. The van der Waals surface area contributed by atoms with E-state index in [-0.39, 0.29) is 11.3 Å². The first-order valence-corrected chi connectivity index (χ1v) is 5.28. The van der Waals surface area contributed by atoms with Crippen molar-refractivity contribution in [1.29, 1.82) is 0 Å². The minimum Gasteiger partial charge on any atom is -0.478 e. The van der Waals surface area contributed by atoms with Crippen molar-refractivity contribution in [3.63, 3.8) is 0 Å². The summed E-state index contributed by atoms with van der Waals surface area (Å²) in [6.07, 6.45) is 0. The number of anilines is 1. The van der Waals surface area contributed by atoms with Gasteiger partial charge in [0.15, 0.2) is 0 Å². The normalized spacial score (nSPS) is 11.0. The Morgan fingerprint density at radius 2 is 2.00 bits per heavy atom.